The second-order valence-corrected chi connectivity index (χ2v) is 11.2. The molecule has 0 unspecified atom stereocenters. The molecule has 0 saturated carbocycles. The number of hydrogen-bond acceptors (Lipinski definition) is 1. The molecular formula is C33H52O2. The summed E-state index contributed by atoms with van der Waals surface area (Å²) in [4.78, 5) is 11.8. The van der Waals surface area contributed by atoms with Crippen molar-refractivity contribution in [2.24, 2.45) is 11.8 Å². The first-order chi connectivity index (χ1) is 16.6. The Balaban J connectivity index is 2.51. The fourth-order valence-electron chi connectivity index (χ4n) is 4.73. The molecule has 0 radical (unpaired) electrons. The fraction of sp³-hybridized carbons (Fsp3) is 0.606. The molecule has 0 amide bonds. The summed E-state index contributed by atoms with van der Waals surface area (Å²) in [5, 5.41) is 9.69. The predicted octanol–water partition coefficient (Wildman–Crippen LogP) is 10.3. The molecule has 2 heteroatoms. The van der Waals surface area contributed by atoms with Gasteiger partial charge in [0.2, 0.25) is 0 Å². The Kier molecular flexibility index (Phi) is 15.3. The van der Waals surface area contributed by atoms with Crippen LogP contribution in [0.3, 0.4) is 0 Å². The van der Waals surface area contributed by atoms with Crippen molar-refractivity contribution in [3.8, 4) is 0 Å². The number of carbonyl (C=O) groups is 1. The summed E-state index contributed by atoms with van der Waals surface area (Å²) in [6.45, 7) is 17.3. The highest BCUT2D eigenvalue weighted by Crippen LogP contribution is 2.34. The van der Waals surface area contributed by atoms with Crippen LogP contribution in [0.1, 0.15) is 119 Å². The van der Waals surface area contributed by atoms with Crippen LogP contribution < -0.4 is 0 Å². The van der Waals surface area contributed by atoms with Crippen LogP contribution in [0.5, 0.6) is 0 Å². The van der Waals surface area contributed by atoms with E-state index >= 15 is 0 Å². The monoisotopic (exact) mass is 480 g/mol. The number of carboxylic acids is 1. The van der Waals surface area contributed by atoms with Crippen LogP contribution in [-0.2, 0) is 4.79 Å². The molecule has 1 N–H and O–H groups in total. The van der Waals surface area contributed by atoms with Gasteiger partial charge in [-0.2, -0.15) is 0 Å². The summed E-state index contributed by atoms with van der Waals surface area (Å²) >= 11 is 0. The quantitative estimate of drug-likeness (QED) is 0.223. The van der Waals surface area contributed by atoms with Crippen LogP contribution in [0, 0.1) is 11.8 Å². The van der Waals surface area contributed by atoms with E-state index in [4.69, 9.17) is 0 Å². The summed E-state index contributed by atoms with van der Waals surface area (Å²) in [7, 11) is 0. The average molecular weight is 481 g/mol. The first-order valence-electron chi connectivity index (χ1n) is 13.7. The SMILES string of the molecule is C=C(CC/C=C(\C)CCC=C(C)C)CC[C@@H]1C=C(CC/C=C(\C)CCC=C(C)C)C[C@H](C(=O)O)C1. The Hall–Kier alpha value is -2.09. The number of hydrogen-bond donors (Lipinski definition) is 1. The number of carboxylic acid groups (broad SMARTS) is 1. The molecule has 0 fully saturated rings. The lowest BCUT2D eigenvalue weighted by Gasteiger charge is -2.26. The van der Waals surface area contributed by atoms with E-state index < -0.39 is 5.97 Å². The molecule has 0 aromatic heterocycles. The molecule has 0 aliphatic heterocycles. The van der Waals surface area contributed by atoms with Crippen molar-refractivity contribution in [3.63, 3.8) is 0 Å². The normalized spacial score (nSPS) is 18.6. The lowest BCUT2D eigenvalue weighted by molar-refractivity contribution is -0.142. The molecule has 0 bridgehead atoms. The molecule has 0 aromatic carbocycles. The van der Waals surface area contributed by atoms with Crippen molar-refractivity contribution in [1.29, 1.82) is 0 Å². The maximum Gasteiger partial charge on any atom is 0.306 e. The van der Waals surface area contributed by atoms with E-state index in [1.54, 1.807) is 0 Å². The summed E-state index contributed by atoms with van der Waals surface area (Å²) in [5.41, 5.74) is 8.28. The number of allylic oxidation sites excluding steroid dienone is 11. The molecule has 1 aliphatic rings. The third-order valence-corrected chi connectivity index (χ3v) is 6.92. The maximum atomic E-state index is 11.8. The van der Waals surface area contributed by atoms with Gasteiger partial charge >= 0.3 is 5.97 Å². The van der Waals surface area contributed by atoms with Gasteiger partial charge in [0.1, 0.15) is 0 Å². The second-order valence-electron chi connectivity index (χ2n) is 11.2. The topological polar surface area (TPSA) is 37.3 Å². The predicted molar refractivity (Wildman–Crippen MR) is 154 cm³/mol. The summed E-state index contributed by atoms with van der Waals surface area (Å²) in [6, 6.07) is 0. The van der Waals surface area contributed by atoms with Crippen molar-refractivity contribution in [3.05, 3.63) is 70.4 Å². The molecule has 0 spiro atoms. The van der Waals surface area contributed by atoms with Crippen LogP contribution in [0.4, 0.5) is 0 Å². The largest absolute Gasteiger partial charge is 0.481 e. The summed E-state index contributed by atoms with van der Waals surface area (Å²) in [5.74, 6) is -0.510. The van der Waals surface area contributed by atoms with Gasteiger partial charge in [-0.3, -0.25) is 4.79 Å². The molecule has 0 saturated heterocycles. The van der Waals surface area contributed by atoms with E-state index in [1.165, 1.54) is 33.4 Å². The Bertz CT molecular complexity index is 823. The summed E-state index contributed by atoms with van der Waals surface area (Å²) < 4.78 is 0. The minimum absolute atomic E-state index is 0.234. The molecule has 1 rings (SSSR count). The van der Waals surface area contributed by atoms with Crippen LogP contribution in [0.15, 0.2) is 70.4 Å². The Labute approximate surface area is 216 Å². The molecule has 0 heterocycles. The van der Waals surface area contributed by atoms with Crippen LogP contribution in [0.2, 0.25) is 0 Å². The molecule has 196 valence electrons. The van der Waals surface area contributed by atoms with E-state index in [1.807, 2.05) is 0 Å². The van der Waals surface area contributed by atoms with E-state index in [-0.39, 0.29) is 5.92 Å². The molecule has 2 atom stereocenters. The standard InChI is InChI=1S/C33H52O2/c1-25(2)12-8-14-27(5)16-10-17-29(7)20-21-31-22-30(23-32(24-31)33(34)35)19-11-18-28(6)15-9-13-26(3)4/h12-13,16,18,22,31-32H,7-11,14-15,17,19-21,23-24H2,1-6H3,(H,34,35)/b27-16+,28-18+/t31-,32+/m1/s1. The summed E-state index contributed by atoms with van der Waals surface area (Å²) in [6.07, 6.45) is 23.7. The lowest BCUT2D eigenvalue weighted by Crippen LogP contribution is -2.22. The van der Waals surface area contributed by atoms with Gasteiger partial charge in [-0.25, -0.2) is 0 Å². The average Bonchev–Trinajstić information content (AvgIpc) is 2.77. The van der Waals surface area contributed by atoms with Gasteiger partial charge in [0.25, 0.3) is 0 Å². The van der Waals surface area contributed by atoms with Crippen molar-refractivity contribution in [2.75, 3.05) is 0 Å². The molecule has 2 nitrogen and oxygen atoms in total. The highest BCUT2D eigenvalue weighted by molar-refractivity contribution is 5.70. The van der Waals surface area contributed by atoms with Gasteiger partial charge in [-0.05, 0) is 125 Å². The molecule has 1 aliphatic carbocycles. The van der Waals surface area contributed by atoms with Crippen molar-refractivity contribution >= 4 is 5.97 Å². The highest BCUT2D eigenvalue weighted by Gasteiger charge is 2.27. The van der Waals surface area contributed by atoms with Crippen molar-refractivity contribution in [1.82, 2.24) is 0 Å². The van der Waals surface area contributed by atoms with Gasteiger partial charge in [0.15, 0.2) is 0 Å². The fourth-order valence-corrected chi connectivity index (χ4v) is 4.73. The Morgan fingerprint density at radius 3 is 1.94 bits per heavy atom. The van der Waals surface area contributed by atoms with Crippen molar-refractivity contribution in [2.45, 2.75) is 119 Å². The first kappa shape index (κ1) is 30.9. The maximum absolute atomic E-state index is 11.8. The molecule has 0 aromatic rings. The minimum Gasteiger partial charge on any atom is -0.481 e. The third kappa shape index (κ3) is 15.5. The minimum atomic E-state index is -0.637. The van der Waals surface area contributed by atoms with Gasteiger partial charge in [-0.15, -0.1) is 0 Å². The van der Waals surface area contributed by atoms with Crippen LogP contribution in [-0.4, -0.2) is 11.1 Å². The van der Waals surface area contributed by atoms with E-state index in [2.05, 4.69) is 78.5 Å². The van der Waals surface area contributed by atoms with Crippen LogP contribution >= 0.6 is 0 Å². The van der Waals surface area contributed by atoms with Gasteiger partial charge < -0.3 is 5.11 Å². The molecular weight excluding hydrogens is 428 g/mol. The van der Waals surface area contributed by atoms with Crippen LogP contribution in [0.25, 0.3) is 0 Å². The molecule has 35 heavy (non-hydrogen) atoms. The number of rotatable bonds is 16. The van der Waals surface area contributed by atoms with Gasteiger partial charge in [0.05, 0.1) is 5.92 Å². The van der Waals surface area contributed by atoms with E-state index in [0.717, 1.165) is 70.6 Å². The van der Waals surface area contributed by atoms with Gasteiger partial charge in [-0.1, -0.05) is 70.4 Å². The zero-order valence-corrected chi connectivity index (χ0v) is 23.6. The Morgan fingerprint density at radius 1 is 0.857 bits per heavy atom. The lowest BCUT2D eigenvalue weighted by atomic mass is 9.78. The first-order valence-corrected chi connectivity index (χ1v) is 13.7. The smallest absolute Gasteiger partial charge is 0.306 e. The zero-order valence-electron chi connectivity index (χ0n) is 23.6. The van der Waals surface area contributed by atoms with E-state index in [9.17, 15) is 9.90 Å². The van der Waals surface area contributed by atoms with Gasteiger partial charge in [0, 0.05) is 0 Å². The Morgan fingerprint density at radius 2 is 1.40 bits per heavy atom. The zero-order chi connectivity index (χ0) is 26.2. The van der Waals surface area contributed by atoms with Crippen molar-refractivity contribution < 1.29 is 9.90 Å². The highest BCUT2D eigenvalue weighted by atomic mass is 16.4. The third-order valence-electron chi connectivity index (χ3n) is 6.92. The second kappa shape index (κ2) is 17.4. The number of aliphatic carboxylic acids is 1. The van der Waals surface area contributed by atoms with E-state index in [0.29, 0.717) is 12.3 Å².